The van der Waals surface area contributed by atoms with Crippen molar-refractivity contribution in [3.8, 4) is 0 Å². The highest BCUT2D eigenvalue weighted by atomic mass is 16.2. The van der Waals surface area contributed by atoms with E-state index in [0.717, 1.165) is 32.5 Å². The van der Waals surface area contributed by atoms with Gasteiger partial charge in [-0.2, -0.15) is 0 Å². The predicted molar refractivity (Wildman–Crippen MR) is 71.0 cm³/mol. The standard InChI is InChI=1S/C13H27N3O/c1-10(2)16(11(3)4)9-8-15-13(17)12-6-5-7-14-12/h10-12,14H,5-9H2,1-4H3,(H,15,17). The van der Waals surface area contributed by atoms with Crippen molar-refractivity contribution >= 4 is 5.91 Å². The molecule has 0 aromatic carbocycles. The van der Waals surface area contributed by atoms with Gasteiger partial charge >= 0.3 is 0 Å². The van der Waals surface area contributed by atoms with Crippen LogP contribution in [0.5, 0.6) is 0 Å². The minimum atomic E-state index is 0.0431. The number of carbonyl (C=O) groups is 1. The van der Waals surface area contributed by atoms with Crippen LogP contribution in [-0.2, 0) is 4.79 Å². The van der Waals surface area contributed by atoms with E-state index in [0.29, 0.717) is 12.1 Å². The first-order valence-electron chi connectivity index (χ1n) is 6.79. The molecule has 0 bridgehead atoms. The summed E-state index contributed by atoms with van der Waals surface area (Å²) in [6, 6.07) is 1.09. The van der Waals surface area contributed by atoms with Crippen LogP contribution in [0.15, 0.2) is 0 Å². The van der Waals surface area contributed by atoms with Crippen LogP contribution in [0.1, 0.15) is 40.5 Å². The van der Waals surface area contributed by atoms with Crippen LogP contribution in [0.3, 0.4) is 0 Å². The fourth-order valence-electron chi connectivity index (χ4n) is 2.45. The van der Waals surface area contributed by atoms with Crippen molar-refractivity contribution in [1.29, 1.82) is 0 Å². The number of rotatable bonds is 6. The summed E-state index contributed by atoms with van der Waals surface area (Å²) in [6.07, 6.45) is 2.09. The molecule has 4 nitrogen and oxygen atoms in total. The van der Waals surface area contributed by atoms with Crippen LogP contribution in [-0.4, -0.2) is 48.6 Å². The first-order valence-corrected chi connectivity index (χ1v) is 6.79. The lowest BCUT2D eigenvalue weighted by Crippen LogP contribution is -2.46. The molecule has 1 aliphatic heterocycles. The van der Waals surface area contributed by atoms with Crippen LogP contribution in [0.25, 0.3) is 0 Å². The molecule has 1 fully saturated rings. The van der Waals surface area contributed by atoms with Gasteiger partial charge in [0, 0.05) is 25.2 Å². The van der Waals surface area contributed by atoms with Crippen molar-refractivity contribution in [2.75, 3.05) is 19.6 Å². The SMILES string of the molecule is CC(C)N(CCNC(=O)C1CCCN1)C(C)C. The molecule has 2 N–H and O–H groups in total. The maximum atomic E-state index is 11.8. The van der Waals surface area contributed by atoms with E-state index >= 15 is 0 Å². The van der Waals surface area contributed by atoms with Crippen molar-refractivity contribution in [2.24, 2.45) is 0 Å². The predicted octanol–water partition coefficient (Wildman–Crippen LogP) is 0.973. The van der Waals surface area contributed by atoms with Crippen LogP contribution in [0, 0.1) is 0 Å². The number of nitrogens with one attached hydrogen (secondary N) is 2. The van der Waals surface area contributed by atoms with Crippen LogP contribution < -0.4 is 10.6 Å². The molecule has 1 saturated heterocycles. The Kier molecular flexibility index (Phi) is 5.92. The Labute approximate surface area is 105 Å². The molecule has 1 atom stereocenters. The van der Waals surface area contributed by atoms with E-state index < -0.39 is 0 Å². The first kappa shape index (κ1) is 14.5. The molecular formula is C13H27N3O. The Balaban J connectivity index is 2.23. The molecule has 100 valence electrons. The average molecular weight is 241 g/mol. The summed E-state index contributed by atoms with van der Waals surface area (Å²) >= 11 is 0. The monoisotopic (exact) mass is 241 g/mol. The molecule has 4 heteroatoms. The highest BCUT2D eigenvalue weighted by Crippen LogP contribution is 2.05. The van der Waals surface area contributed by atoms with E-state index in [-0.39, 0.29) is 11.9 Å². The summed E-state index contributed by atoms with van der Waals surface area (Å²) < 4.78 is 0. The highest BCUT2D eigenvalue weighted by molar-refractivity contribution is 5.81. The fraction of sp³-hybridized carbons (Fsp3) is 0.923. The first-order chi connectivity index (χ1) is 8.02. The van der Waals surface area contributed by atoms with E-state index in [1.54, 1.807) is 0 Å². The minimum absolute atomic E-state index is 0.0431. The zero-order chi connectivity index (χ0) is 12.8. The minimum Gasteiger partial charge on any atom is -0.353 e. The van der Waals surface area contributed by atoms with E-state index in [1.165, 1.54) is 0 Å². The maximum absolute atomic E-state index is 11.8. The number of hydrogen-bond acceptors (Lipinski definition) is 3. The molecule has 1 amide bonds. The van der Waals surface area contributed by atoms with Crippen molar-refractivity contribution in [2.45, 2.75) is 58.7 Å². The lowest BCUT2D eigenvalue weighted by molar-refractivity contribution is -0.122. The molecule has 0 aromatic rings. The van der Waals surface area contributed by atoms with Gasteiger partial charge in [0.05, 0.1) is 6.04 Å². The smallest absolute Gasteiger partial charge is 0.237 e. The van der Waals surface area contributed by atoms with Gasteiger partial charge in [0.1, 0.15) is 0 Å². The molecule has 0 saturated carbocycles. The second kappa shape index (κ2) is 6.97. The molecule has 1 rings (SSSR count). The summed E-state index contributed by atoms with van der Waals surface area (Å²) in [5, 5.41) is 6.24. The maximum Gasteiger partial charge on any atom is 0.237 e. The Hall–Kier alpha value is -0.610. The molecular weight excluding hydrogens is 214 g/mol. The van der Waals surface area contributed by atoms with Crippen LogP contribution in [0.4, 0.5) is 0 Å². The number of nitrogens with zero attached hydrogens (tertiary/aromatic N) is 1. The van der Waals surface area contributed by atoms with Gasteiger partial charge in [-0.05, 0) is 47.1 Å². The van der Waals surface area contributed by atoms with E-state index in [2.05, 4.69) is 43.2 Å². The van der Waals surface area contributed by atoms with Gasteiger partial charge in [0.2, 0.25) is 5.91 Å². The van der Waals surface area contributed by atoms with Gasteiger partial charge in [-0.15, -0.1) is 0 Å². The molecule has 1 aliphatic rings. The third kappa shape index (κ3) is 4.64. The Morgan fingerprint density at radius 1 is 1.35 bits per heavy atom. The summed E-state index contributed by atoms with van der Waals surface area (Å²) in [5.74, 6) is 0.162. The summed E-state index contributed by atoms with van der Waals surface area (Å²) in [7, 11) is 0. The zero-order valence-electron chi connectivity index (χ0n) is 11.6. The van der Waals surface area contributed by atoms with Gasteiger partial charge in [0.15, 0.2) is 0 Å². The third-order valence-electron chi connectivity index (χ3n) is 3.37. The van der Waals surface area contributed by atoms with Gasteiger partial charge in [-0.3, -0.25) is 9.69 Å². The van der Waals surface area contributed by atoms with Crippen molar-refractivity contribution in [3.63, 3.8) is 0 Å². The average Bonchev–Trinajstić information content (AvgIpc) is 2.76. The van der Waals surface area contributed by atoms with E-state index in [1.807, 2.05) is 0 Å². The molecule has 0 radical (unpaired) electrons. The third-order valence-corrected chi connectivity index (χ3v) is 3.37. The number of hydrogen-bond donors (Lipinski definition) is 2. The van der Waals surface area contributed by atoms with Gasteiger partial charge in [-0.1, -0.05) is 0 Å². The van der Waals surface area contributed by atoms with Crippen LogP contribution >= 0.6 is 0 Å². The zero-order valence-corrected chi connectivity index (χ0v) is 11.6. The largest absolute Gasteiger partial charge is 0.353 e. The number of carbonyl (C=O) groups excluding carboxylic acids is 1. The highest BCUT2D eigenvalue weighted by Gasteiger charge is 2.21. The quantitative estimate of drug-likeness (QED) is 0.728. The number of amides is 1. The van der Waals surface area contributed by atoms with Gasteiger partial charge in [-0.25, -0.2) is 0 Å². The summed E-state index contributed by atoms with van der Waals surface area (Å²) in [5.41, 5.74) is 0. The Morgan fingerprint density at radius 2 is 2.00 bits per heavy atom. The van der Waals surface area contributed by atoms with Gasteiger partial charge < -0.3 is 10.6 Å². The molecule has 1 unspecified atom stereocenters. The topological polar surface area (TPSA) is 44.4 Å². The Morgan fingerprint density at radius 3 is 2.47 bits per heavy atom. The molecule has 1 heterocycles. The van der Waals surface area contributed by atoms with Crippen LogP contribution in [0.2, 0.25) is 0 Å². The summed E-state index contributed by atoms with van der Waals surface area (Å²) in [4.78, 5) is 14.2. The normalized spacial score (nSPS) is 20.5. The lowest BCUT2D eigenvalue weighted by Gasteiger charge is -2.30. The van der Waals surface area contributed by atoms with Crippen molar-refractivity contribution < 1.29 is 4.79 Å². The van der Waals surface area contributed by atoms with Gasteiger partial charge in [0.25, 0.3) is 0 Å². The lowest BCUT2D eigenvalue weighted by atomic mass is 10.2. The molecule has 0 aromatic heterocycles. The Bertz CT molecular complexity index is 227. The van der Waals surface area contributed by atoms with Crippen molar-refractivity contribution in [1.82, 2.24) is 15.5 Å². The second-order valence-corrected chi connectivity index (χ2v) is 5.37. The molecule has 0 aliphatic carbocycles. The van der Waals surface area contributed by atoms with E-state index in [9.17, 15) is 4.79 Å². The summed E-state index contributed by atoms with van der Waals surface area (Å²) in [6.45, 7) is 11.4. The molecule has 17 heavy (non-hydrogen) atoms. The second-order valence-electron chi connectivity index (χ2n) is 5.37. The fourth-order valence-corrected chi connectivity index (χ4v) is 2.45. The van der Waals surface area contributed by atoms with Crippen molar-refractivity contribution in [3.05, 3.63) is 0 Å². The molecule has 0 spiro atoms. The van der Waals surface area contributed by atoms with E-state index in [4.69, 9.17) is 0 Å².